The maximum absolute atomic E-state index is 6.00. The molecule has 4 nitrogen and oxygen atoms in total. The van der Waals surface area contributed by atoms with E-state index in [0.717, 1.165) is 32.3 Å². The molecule has 104 valence electrons. The van der Waals surface area contributed by atoms with Gasteiger partial charge < -0.3 is 4.42 Å². The Balaban J connectivity index is 2.09. The van der Waals surface area contributed by atoms with Gasteiger partial charge in [-0.15, -0.1) is 11.3 Å². The normalized spacial score (nSPS) is 13.0. The van der Waals surface area contributed by atoms with Gasteiger partial charge in [-0.25, -0.2) is 10.4 Å². The average molecular weight is 308 g/mol. The van der Waals surface area contributed by atoms with E-state index >= 15 is 0 Å². The summed E-state index contributed by atoms with van der Waals surface area (Å²) in [6.07, 6.45) is 0. The smallest absolute Gasteiger partial charge is 0.134 e. The zero-order valence-corrected chi connectivity index (χ0v) is 12.7. The van der Waals surface area contributed by atoms with Crippen LogP contribution >= 0.6 is 22.9 Å². The third kappa shape index (κ3) is 2.33. The fraction of sp³-hybridized carbons (Fsp3) is 0.214. The number of rotatable bonds is 3. The number of aromatic nitrogens is 1. The lowest BCUT2D eigenvalue weighted by molar-refractivity contribution is 0.480. The van der Waals surface area contributed by atoms with Crippen LogP contribution < -0.4 is 11.3 Å². The molecule has 1 aromatic carbocycles. The van der Waals surface area contributed by atoms with E-state index in [-0.39, 0.29) is 6.04 Å². The van der Waals surface area contributed by atoms with Crippen molar-refractivity contribution in [1.29, 1.82) is 0 Å². The van der Waals surface area contributed by atoms with Crippen molar-refractivity contribution in [3.8, 4) is 0 Å². The Labute approximate surface area is 125 Å². The molecular weight excluding hydrogens is 294 g/mol. The van der Waals surface area contributed by atoms with E-state index in [9.17, 15) is 0 Å². The van der Waals surface area contributed by atoms with Crippen LogP contribution in [-0.4, -0.2) is 4.98 Å². The quantitative estimate of drug-likeness (QED) is 0.572. The van der Waals surface area contributed by atoms with E-state index in [2.05, 4.69) is 10.4 Å². The molecule has 20 heavy (non-hydrogen) atoms. The van der Waals surface area contributed by atoms with Crippen LogP contribution in [-0.2, 0) is 0 Å². The van der Waals surface area contributed by atoms with E-state index in [1.165, 1.54) is 0 Å². The predicted molar refractivity (Wildman–Crippen MR) is 82.0 cm³/mol. The molecule has 2 aromatic heterocycles. The van der Waals surface area contributed by atoms with Crippen LogP contribution in [0.25, 0.3) is 11.0 Å². The first-order chi connectivity index (χ1) is 9.58. The number of halogens is 1. The minimum absolute atomic E-state index is 0.202. The van der Waals surface area contributed by atoms with Gasteiger partial charge in [0.1, 0.15) is 17.4 Å². The van der Waals surface area contributed by atoms with Crippen LogP contribution in [0.15, 0.2) is 28.7 Å². The zero-order chi connectivity index (χ0) is 14.3. The molecule has 0 bridgehead atoms. The number of nitrogens with two attached hydrogens (primary N) is 1. The monoisotopic (exact) mass is 307 g/mol. The second kappa shape index (κ2) is 5.18. The lowest BCUT2D eigenvalue weighted by Crippen LogP contribution is -2.28. The molecule has 0 aliphatic heterocycles. The summed E-state index contributed by atoms with van der Waals surface area (Å²) in [6, 6.07) is 7.30. The Hall–Kier alpha value is -1.40. The van der Waals surface area contributed by atoms with Crippen LogP contribution in [0.2, 0.25) is 5.02 Å². The molecule has 0 fully saturated rings. The van der Waals surface area contributed by atoms with Crippen molar-refractivity contribution in [2.24, 2.45) is 5.84 Å². The molecule has 2 heterocycles. The SMILES string of the molecule is Cc1nc(C)c(C(NN)c2cc3cc(Cl)ccc3o2)s1. The first kappa shape index (κ1) is 13.6. The highest BCUT2D eigenvalue weighted by atomic mass is 35.5. The van der Waals surface area contributed by atoms with E-state index < -0.39 is 0 Å². The van der Waals surface area contributed by atoms with Gasteiger partial charge in [-0.3, -0.25) is 5.84 Å². The number of thiazole rings is 1. The van der Waals surface area contributed by atoms with Crippen LogP contribution in [0.4, 0.5) is 0 Å². The third-order valence-corrected chi connectivity index (χ3v) is 4.52. The molecule has 3 rings (SSSR count). The number of benzene rings is 1. The fourth-order valence-electron chi connectivity index (χ4n) is 2.28. The molecule has 0 spiro atoms. The van der Waals surface area contributed by atoms with Crippen molar-refractivity contribution in [2.75, 3.05) is 0 Å². The topological polar surface area (TPSA) is 64.1 Å². The number of hydrazine groups is 1. The summed E-state index contributed by atoms with van der Waals surface area (Å²) in [7, 11) is 0. The summed E-state index contributed by atoms with van der Waals surface area (Å²) in [5, 5.41) is 2.66. The Morgan fingerprint density at radius 2 is 2.15 bits per heavy atom. The van der Waals surface area contributed by atoms with Gasteiger partial charge in [-0.1, -0.05) is 11.6 Å². The fourth-order valence-corrected chi connectivity index (χ4v) is 3.46. The highest BCUT2D eigenvalue weighted by Crippen LogP contribution is 2.33. The summed E-state index contributed by atoms with van der Waals surface area (Å²) in [4.78, 5) is 5.50. The summed E-state index contributed by atoms with van der Waals surface area (Å²) in [5.74, 6) is 6.47. The molecule has 0 saturated carbocycles. The molecule has 0 aliphatic rings. The second-order valence-corrected chi connectivity index (χ2v) is 6.28. The maximum atomic E-state index is 6.00. The van der Waals surface area contributed by atoms with Crippen molar-refractivity contribution in [3.05, 3.63) is 50.6 Å². The van der Waals surface area contributed by atoms with Crippen molar-refractivity contribution >= 4 is 33.9 Å². The van der Waals surface area contributed by atoms with Crippen LogP contribution in [0.1, 0.15) is 27.4 Å². The van der Waals surface area contributed by atoms with Crippen LogP contribution in [0, 0.1) is 13.8 Å². The molecule has 0 saturated heterocycles. The molecule has 3 aromatic rings. The standard InChI is InChI=1S/C14H14ClN3OS/c1-7-14(20-8(2)17-7)13(18-16)12-6-9-5-10(15)3-4-11(9)19-12/h3-6,13,18H,16H2,1-2H3. The predicted octanol–water partition coefficient (Wildman–Crippen LogP) is 3.71. The van der Waals surface area contributed by atoms with Crippen LogP contribution in [0.3, 0.4) is 0 Å². The van der Waals surface area contributed by atoms with Gasteiger partial charge in [0, 0.05) is 10.4 Å². The van der Waals surface area contributed by atoms with Gasteiger partial charge in [-0.05, 0) is 38.1 Å². The first-order valence-corrected chi connectivity index (χ1v) is 7.37. The molecule has 1 unspecified atom stereocenters. The van der Waals surface area contributed by atoms with Gasteiger partial charge in [0.15, 0.2) is 0 Å². The van der Waals surface area contributed by atoms with Gasteiger partial charge >= 0.3 is 0 Å². The minimum atomic E-state index is -0.202. The zero-order valence-electron chi connectivity index (χ0n) is 11.1. The second-order valence-electron chi connectivity index (χ2n) is 4.61. The van der Waals surface area contributed by atoms with E-state index in [0.29, 0.717) is 5.02 Å². The Morgan fingerprint density at radius 1 is 1.35 bits per heavy atom. The first-order valence-electron chi connectivity index (χ1n) is 6.17. The Morgan fingerprint density at radius 3 is 2.80 bits per heavy atom. The lowest BCUT2D eigenvalue weighted by Gasteiger charge is -2.11. The summed E-state index contributed by atoms with van der Waals surface area (Å²) in [5.41, 5.74) is 4.57. The number of hydrogen-bond acceptors (Lipinski definition) is 5. The summed E-state index contributed by atoms with van der Waals surface area (Å²) >= 11 is 7.61. The largest absolute Gasteiger partial charge is 0.459 e. The maximum Gasteiger partial charge on any atom is 0.134 e. The molecular formula is C14H14ClN3OS. The molecule has 0 aliphatic carbocycles. The summed E-state index contributed by atoms with van der Waals surface area (Å²) in [6.45, 7) is 3.95. The van der Waals surface area contributed by atoms with Gasteiger partial charge in [0.2, 0.25) is 0 Å². The van der Waals surface area contributed by atoms with E-state index in [1.807, 2.05) is 38.1 Å². The van der Waals surface area contributed by atoms with Gasteiger partial charge in [0.05, 0.1) is 15.6 Å². The number of furan rings is 1. The van der Waals surface area contributed by atoms with Gasteiger partial charge in [0.25, 0.3) is 0 Å². The highest BCUT2D eigenvalue weighted by molar-refractivity contribution is 7.11. The number of fused-ring (bicyclic) bond motifs is 1. The lowest BCUT2D eigenvalue weighted by atomic mass is 10.1. The average Bonchev–Trinajstić information content (AvgIpc) is 2.94. The van der Waals surface area contributed by atoms with Crippen LogP contribution in [0.5, 0.6) is 0 Å². The molecule has 6 heteroatoms. The number of nitrogens with zero attached hydrogens (tertiary/aromatic N) is 1. The highest BCUT2D eigenvalue weighted by Gasteiger charge is 2.22. The Kier molecular flexibility index (Phi) is 3.52. The number of aryl methyl sites for hydroxylation is 2. The summed E-state index contributed by atoms with van der Waals surface area (Å²) < 4.78 is 5.87. The number of hydrogen-bond donors (Lipinski definition) is 2. The van der Waals surface area contributed by atoms with E-state index in [4.69, 9.17) is 21.9 Å². The molecule has 1 atom stereocenters. The van der Waals surface area contributed by atoms with Gasteiger partial charge in [-0.2, -0.15) is 0 Å². The molecule has 0 radical (unpaired) electrons. The number of nitrogens with one attached hydrogen (secondary N) is 1. The molecule has 0 amide bonds. The van der Waals surface area contributed by atoms with Crippen molar-refractivity contribution in [2.45, 2.75) is 19.9 Å². The Bertz CT molecular complexity index is 765. The van der Waals surface area contributed by atoms with Crippen molar-refractivity contribution in [3.63, 3.8) is 0 Å². The minimum Gasteiger partial charge on any atom is -0.459 e. The van der Waals surface area contributed by atoms with Crippen molar-refractivity contribution in [1.82, 2.24) is 10.4 Å². The third-order valence-electron chi connectivity index (χ3n) is 3.15. The van der Waals surface area contributed by atoms with E-state index in [1.54, 1.807) is 11.3 Å². The van der Waals surface area contributed by atoms with Crippen molar-refractivity contribution < 1.29 is 4.42 Å². The molecule has 3 N–H and O–H groups in total.